The zero-order chi connectivity index (χ0) is 14.0. The van der Waals surface area contributed by atoms with Crippen molar-refractivity contribution in [3.63, 3.8) is 0 Å². The van der Waals surface area contributed by atoms with Gasteiger partial charge < -0.3 is 15.1 Å². The second-order valence-electron chi connectivity index (χ2n) is 5.99. The molecule has 0 aromatic carbocycles. The third kappa shape index (κ3) is 2.91. The Balaban J connectivity index is 2.11. The number of likely N-dealkylation sites (tertiary alicyclic amines) is 1. The minimum atomic E-state index is -0.861. The molecule has 0 aromatic heterocycles. The summed E-state index contributed by atoms with van der Waals surface area (Å²) in [6, 6.07) is -0.119. The van der Waals surface area contributed by atoms with E-state index < -0.39 is 17.8 Å². The number of hydrogen-bond donors (Lipinski definition) is 2. The van der Waals surface area contributed by atoms with Gasteiger partial charge in [0.05, 0.1) is 24.5 Å². The molecule has 1 aliphatic heterocycles. The van der Waals surface area contributed by atoms with Crippen LogP contribution in [0, 0.1) is 17.8 Å². The number of aliphatic hydroxyl groups is 1. The molecule has 5 heteroatoms. The van der Waals surface area contributed by atoms with Crippen molar-refractivity contribution in [1.82, 2.24) is 4.90 Å². The van der Waals surface area contributed by atoms with E-state index in [0.717, 1.165) is 19.3 Å². The largest absolute Gasteiger partial charge is 0.481 e. The van der Waals surface area contributed by atoms with Gasteiger partial charge in [0.1, 0.15) is 0 Å². The summed E-state index contributed by atoms with van der Waals surface area (Å²) in [4.78, 5) is 25.6. The highest BCUT2D eigenvalue weighted by Gasteiger charge is 2.44. The molecule has 1 heterocycles. The monoisotopic (exact) mass is 269 g/mol. The molecule has 2 fully saturated rings. The van der Waals surface area contributed by atoms with E-state index in [4.69, 9.17) is 0 Å². The molecule has 2 N–H and O–H groups in total. The zero-order valence-corrected chi connectivity index (χ0v) is 11.4. The lowest BCUT2D eigenvalue weighted by atomic mass is 9.92. The fraction of sp³-hybridized carbons (Fsp3) is 0.857. The molecule has 2 rings (SSSR count). The van der Waals surface area contributed by atoms with Gasteiger partial charge in [-0.15, -0.1) is 0 Å². The molecule has 2 aliphatic rings. The zero-order valence-electron chi connectivity index (χ0n) is 11.4. The number of aliphatic hydroxyl groups excluding tert-OH is 1. The van der Waals surface area contributed by atoms with E-state index in [2.05, 4.69) is 0 Å². The highest BCUT2D eigenvalue weighted by atomic mass is 16.4. The van der Waals surface area contributed by atoms with Gasteiger partial charge in [-0.1, -0.05) is 6.92 Å². The van der Waals surface area contributed by atoms with Crippen molar-refractivity contribution in [2.24, 2.45) is 17.8 Å². The van der Waals surface area contributed by atoms with E-state index in [1.54, 1.807) is 4.90 Å². The van der Waals surface area contributed by atoms with Gasteiger partial charge in [0.25, 0.3) is 0 Å². The molecule has 1 saturated heterocycles. The number of carbonyl (C=O) groups is 2. The van der Waals surface area contributed by atoms with Crippen LogP contribution in [0.3, 0.4) is 0 Å². The molecule has 4 atom stereocenters. The second-order valence-corrected chi connectivity index (χ2v) is 5.99. The highest BCUT2D eigenvalue weighted by molar-refractivity contribution is 5.85. The predicted octanol–water partition coefficient (Wildman–Crippen LogP) is 1.11. The van der Waals surface area contributed by atoms with E-state index in [1.807, 2.05) is 6.92 Å². The van der Waals surface area contributed by atoms with Gasteiger partial charge in [-0.05, 0) is 38.0 Å². The second kappa shape index (κ2) is 5.90. The fourth-order valence-corrected chi connectivity index (χ4v) is 3.53. The minimum Gasteiger partial charge on any atom is -0.481 e. The third-order valence-electron chi connectivity index (χ3n) is 4.55. The fourth-order valence-electron chi connectivity index (χ4n) is 3.53. The number of rotatable bonds is 3. The van der Waals surface area contributed by atoms with Crippen molar-refractivity contribution in [2.45, 2.75) is 45.1 Å². The summed E-state index contributed by atoms with van der Waals surface area (Å²) in [6.45, 7) is 2.63. The van der Waals surface area contributed by atoms with Crippen LogP contribution in [-0.2, 0) is 9.59 Å². The average Bonchev–Trinajstić information content (AvgIpc) is 2.80. The van der Waals surface area contributed by atoms with Crippen molar-refractivity contribution in [3.05, 3.63) is 0 Å². The first-order valence-electron chi connectivity index (χ1n) is 7.18. The van der Waals surface area contributed by atoms with E-state index in [9.17, 15) is 19.8 Å². The van der Waals surface area contributed by atoms with Crippen molar-refractivity contribution in [1.29, 1.82) is 0 Å². The van der Waals surface area contributed by atoms with E-state index in [-0.39, 0.29) is 24.5 Å². The standard InChI is InChI=1S/C14H23NO4/c1-9-6-11(12(7-9)14(18)19)13(17)15-5-3-2-4-10(15)8-16/h9-12,16H,2-8H2,1H3,(H,18,19)/t9?,10?,11-,12+/m0/s1. The Morgan fingerprint density at radius 2 is 1.89 bits per heavy atom. The molecule has 1 amide bonds. The number of carboxylic acids is 1. The van der Waals surface area contributed by atoms with Crippen molar-refractivity contribution >= 4 is 11.9 Å². The van der Waals surface area contributed by atoms with Crippen LogP contribution < -0.4 is 0 Å². The Bertz CT molecular complexity index is 357. The van der Waals surface area contributed by atoms with E-state index in [1.165, 1.54) is 0 Å². The van der Waals surface area contributed by atoms with Crippen LogP contribution in [0.2, 0.25) is 0 Å². The van der Waals surface area contributed by atoms with E-state index in [0.29, 0.717) is 19.4 Å². The van der Waals surface area contributed by atoms with Crippen LogP contribution in [0.5, 0.6) is 0 Å². The van der Waals surface area contributed by atoms with Crippen LogP contribution >= 0.6 is 0 Å². The predicted molar refractivity (Wildman–Crippen MR) is 69.5 cm³/mol. The van der Waals surface area contributed by atoms with Crippen LogP contribution in [0.4, 0.5) is 0 Å². The summed E-state index contributed by atoms with van der Waals surface area (Å²) >= 11 is 0. The van der Waals surface area contributed by atoms with Gasteiger partial charge >= 0.3 is 5.97 Å². The smallest absolute Gasteiger partial charge is 0.307 e. The van der Waals surface area contributed by atoms with Crippen molar-refractivity contribution in [2.75, 3.05) is 13.2 Å². The quantitative estimate of drug-likeness (QED) is 0.804. The topological polar surface area (TPSA) is 77.8 Å². The lowest BCUT2D eigenvalue weighted by Gasteiger charge is -2.37. The molecule has 0 aromatic rings. The van der Waals surface area contributed by atoms with Crippen molar-refractivity contribution in [3.8, 4) is 0 Å². The summed E-state index contributed by atoms with van der Waals surface area (Å²) in [5.74, 6) is -1.59. The normalized spacial score (nSPS) is 35.4. The molecule has 0 radical (unpaired) electrons. The number of aliphatic carboxylic acids is 1. The Labute approximate surface area is 113 Å². The van der Waals surface area contributed by atoms with Crippen LogP contribution in [0.25, 0.3) is 0 Å². The van der Waals surface area contributed by atoms with Gasteiger partial charge in [-0.2, -0.15) is 0 Å². The Hall–Kier alpha value is -1.10. The maximum atomic E-state index is 12.6. The van der Waals surface area contributed by atoms with Gasteiger partial charge in [0.15, 0.2) is 0 Å². The maximum absolute atomic E-state index is 12.6. The lowest BCUT2D eigenvalue weighted by molar-refractivity contribution is -0.151. The molecule has 1 saturated carbocycles. The molecule has 0 bridgehead atoms. The first-order chi connectivity index (χ1) is 9.04. The first kappa shape index (κ1) is 14.3. The summed E-state index contributed by atoms with van der Waals surface area (Å²) in [6.07, 6.45) is 4.04. The van der Waals surface area contributed by atoms with Crippen LogP contribution in [0.15, 0.2) is 0 Å². The Kier molecular flexibility index (Phi) is 4.45. The van der Waals surface area contributed by atoms with Crippen molar-refractivity contribution < 1.29 is 19.8 Å². The number of carboxylic acid groups (broad SMARTS) is 1. The number of carbonyl (C=O) groups excluding carboxylic acids is 1. The Morgan fingerprint density at radius 3 is 2.53 bits per heavy atom. The molecule has 0 spiro atoms. The van der Waals surface area contributed by atoms with Crippen LogP contribution in [-0.4, -0.2) is 46.2 Å². The summed E-state index contributed by atoms with van der Waals surface area (Å²) in [5, 5.41) is 18.6. The number of amides is 1. The lowest BCUT2D eigenvalue weighted by Crippen LogP contribution is -2.49. The molecule has 108 valence electrons. The molecular formula is C14H23NO4. The van der Waals surface area contributed by atoms with Gasteiger partial charge in [0, 0.05) is 6.54 Å². The first-order valence-corrected chi connectivity index (χ1v) is 7.18. The number of piperidine rings is 1. The maximum Gasteiger partial charge on any atom is 0.307 e. The summed E-state index contributed by atoms with van der Waals surface area (Å²) in [5.41, 5.74) is 0. The molecule has 2 unspecified atom stereocenters. The molecular weight excluding hydrogens is 246 g/mol. The van der Waals surface area contributed by atoms with Gasteiger partial charge in [-0.3, -0.25) is 9.59 Å². The van der Waals surface area contributed by atoms with Gasteiger partial charge in [-0.25, -0.2) is 0 Å². The number of nitrogens with zero attached hydrogens (tertiary/aromatic N) is 1. The number of hydrogen-bond acceptors (Lipinski definition) is 3. The van der Waals surface area contributed by atoms with E-state index >= 15 is 0 Å². The third-order valence-corrected chi connectivity index (χ3v) is 4.55. The summed E-state index contributed by atoms with van der Waals surface area (Å²) in [7, 11) is 0. The average molecular weight is 269 g/mol. The molecule has 19 heavy (non-hydrogen) atoms. The molecule has 1 aliphatic carbocycles. The van der Waals surface area contributed by atoms with Gasteiger partial charge in [0.2, 0.25) is 5.91 Å². The van der Waals surface area contributed by atoms with Crippen LogP contribution in [0.1, 0.15) is 39.0 Å². The summed E-state index contributed by atoms with van der Waals surface area (Å²) < 4.78 is 0. The highest BCUT2D eigenvalue weighted by Crippen LogP contribution is 2.38. The molecule has 5 nitrogen and oxygen atoms in total. The Morgan fingerprint density at radius 1 is 1.21 bits per heavy atom. The SMILES string of the molecule is CC1C[C@H](C(=O)N2CCCCC2CO)[C@H](C(=O)O)C1. The minimum absolute atomic E-state index is 0.0221.